The van der Waals surface area contributed by atoms with Crippen LogP contribution in [-0.2, 0) is 6.54 Å². The van der Waals surface area contributed by atoms with Gasteiger partial charge < -0.3 is 15.8 Å². The number of aromatic nitrogens is 1. The predicted octanol–water partition coefficient (Wildman–Crippen LogP) is 6.25. The van der Waals surface area contributed by atoms with Gasteiger partial charge in [0.2, 0.25) is 0 Å². The van der Waals surface area contributed by atoms with Crippen LogP contribution in [0.5, 0.6) is 5.88 Å². The quantitative estimate of drug-likeness (QED) is 0.213. The molecule has 0 unspecified atom stereocenters. The summed E-state index contributed by atoms with van der Waals surface area (Å²) < 4.78 is 0. The van der Waals surface area contributed by atoms with Gasteiger partial charge in [0.1, 0.15) is 0 Å². The topological polar surface area (TPSA) is 77.6 Å². The highest BCUT2D eigenvalue weighted by atomic mass is 16.3. The maximum atomic E-state index is 10.8. The lowest BCUT2D eigenvalue weighted by atomic mass is 10.0. The Hall–Kier alpha value is -3.57. The van der Waals surface area contributed by atoms with Crippen LogP contribution >= 0.6 is 0 Å². The number of H-pyrrole nitrogens is 1. The zero-order chi connectivity index (χ0) is 23.2. The number of nitrogens with two attached hydrogens (primary N) is 1. The van der Waals surface area contributed by atoms with E-state index in [9.17, 15) is 5.11 Å². The van der Waals surface area contributed by atoms with Gasteiger partial charge in [-0.2, -0.15) is 0 Å². The van der Waals surface area contributed by atoms with E-state index in [1.165, 1.54) is 5.56 Å². The van der Waals surface area contributed by atoms with Gasteiger partial charge in [-0.3, -0.25) is 4.90 Å². The lowest BCUT2D eigenvalue weighted by molar-refractivity contribution is 0.266. The number of benzene rings is 3. The van der Waals surface area contributed by atoms with Crippen LogP contribution < -0.4 is 5.73 Å². The zero-order valence-corrected chi connectivity index (χ0v) is 19.4. The van der Waals surface area contributed by atoms with Gasteiger partial charge in [0.05, 0.1) is 17.0 Å². The van der Waals surface area contributed by atoms with E-state index in [1.54, 1.807) is 0 Å². The number of nitrogens with zero attached hydrogens (tertiary/aromatic N) is 2. The molecule has 0 saturated heterocycles. The third kappa shape index (κ3) is 5.26. The molecule has 33 heavy (non-hydrogen) atoms. The molecule has 0 atom stereocenters. The van der Waals surface area contributed by atoms with E-state index in [1.807, 2.05) is 48.5 Å². The molecular weight excluding hydrogens is 408 g/mol. The second-order valence-electron chi connectivity index (χ2n) is 8.42. The minimum Gasteiger partial charge on any atom is -0.494 e. The Morgan fingerprint density at radius 2 is 1.64 bits per heavy atom. The largest absolute Gasteiger partial charge is 0.494 e. The van der Waals surface area contributed by atoms with Gasteiger partial charge in [0, 0.05) is 28.7 Å². The predicted molar refractivity (Wildman–Crippen MR) is 138 cm³/mol. The molecule has 0 aliphatic rings. The Balaban J connectivity index is 1.73. The van der Waals surface area contributed by atoms with Crippen molar-refractivity contribution in [2.45, 2.75) is 33.2 Å². The maximum absolute atomic E-state index is 10.8. The summed E-state index contributed by atoms with van der Waals surface area (Å²) in [4.78, 5) is 10.5. The third-order valence-corrected chi connectivity index (χ3v) is 5.75. The smallest absolute Gasteiger partial charge is 0.199 e. The molecule has 0 amide bonds. The number of aliphatic imine (C=N–C) groups is 1. The van der Waals surface area contributed by atoms with Crippen molar-refractivity contribution in [3.63, 3.8) is 0 Å². The standard InChI is InChI=1S/C28H32N4O/c1-3-16-32(17-4-2)19-20-10-13-23(14-11-20)30-27(21-8-6-5-7-9-21)26-24-18-22(29)12-15-25(24)31-28(26)33/h5-15,18,31,33H,3-4,16-17,19,29H2,1-2H3. The number of fused-ring (bicyclic) bond motifs is 1. The molecule has 0 fully saturated rings. The molecule has 4 aromatic rings. The van der Waals surface area contributed by atoms with Crippen molar-refractivity contribution in [2.75, 3.05) is 18.8 Å². The molecule has 170 valence electrons. The SMILES string of the molecule is CCCN(CCC)Cc1ccc(N=C(c2ccccc2)c2c(O)[nH]c3ccc(N)cc23)cc1. The summed E-state index contributed by atoms with van der Waals surface area (Å²) in [5, 5.41) is 11.6. The summed E-state index contributed by atoms with van der Waals surface area (Å²) in [5.74, 6) is 0.0876. The molecule has 4 rings (SSSR count). The number of nitrogen functional groups attached to an aromatic ring is 1. The van der Waals surface area contributed by atoms with E-state index in [0.29, 0.717) is 17.0 Å². The van der Waals surface area contributed by atoms with Gasteiger partial charge in [0.25, 0.3) is 0 Å². The molecule has 0 aliphatic carbocycles. The highest BCUT2D eigenvalue weighted by Gasteiger charge is 2.19. The molecule has 0 bridgehead atoms. The molecule has 0 radical (unpaired) electrons. The Morgan fingerprint density at radius 3 is 2.30 bits per heavy atom. The van der Waals surface area contributed by atoms with E-state index in [-0.39, 0.29) is 5.88 Å². The first-order chi connectivity index (χ1) is 16.1. The van der Waals surface area contributed by atoms with Crippen LogP contribution in [0.4, 0.5) is 11.4 Å². The first kappa shape index (κ1) is 22.6. The Morgan fingerprint density at radius 1 is 0.939 bits per heavy atom. The number of hydrogen-bond acceptors (Lipinski definition) is 4. The van der Waals surface area contributed by atoms with Crippen LogP contribution in [0, 0.1) is 0 Å². The fourth-order valence-corrected chi connectivity index (χ4v) is 4.26. The number of aromatic hydroxyl groups is 1. The fourth-order valence-electron chi connectivity index (χ4n) is 4.26. The number of aromatic amines is 1. The van der Waals surface area contributed by atoms with Crippen LogP contribution in [0.3, 0.4) is 0 Å². The summed E-state index contributed by atoms with van der Waals surface area (Å²) in [7, 11) is 0. The number of hydrogen-bond donors (Lipinski definition) is 3. The first-order valence-electron chi connectivity index (χ1n) is 11.6. The Kier molecular flexibility index (Phi) is 7.10. The molecule has 0 spiro atoms. The molecule has 5 nitrogen and oxygen atoms in total. The van der Waals surface area contributed by atoms with E-state index < -0.39 is 0 Å². The summed E-state index contributed by atoms with van der Waals surface area (Å²) in [6, 6.07) is 23.9. The molecule has 1 heterocycles. The number of rotatable bonds is 9. The van der Waals surface area contributed by atoms with Crippen molar-refractivity contribution in [3.05, 3.63) is 89.5 Å². The minimum atomic E-state index is 0.0876. The number of anilines is 1. The molecule has 5 heteroatoms. The third-order valence-electron chi connectivity index (χ3n) is 5.75. The second kappa shape index (κ2) is 10.4. The first-order valence-corrected chi connectivity index (χ1v) is 11.6. The molecule has 3 aromatic carbocycles. The Labute approximate surface area is 195 Å². The van der Waals surface area contributed by atoms with Crippen molar-refractivity contribution in [1.29, 1.82) is 0 Å². The lowest BCUT2D eigenvalue weighted by Crippen LogP contribution is -2.24. The van der Waals surface area contributed by atoms with Crippen molar-refractivity contribution in [2.24, 2.45) is 4.99 Å². The van der Waals surface area contributed by atoms with Crippen LogP contribution in [0.1, 0.15) is 43.4 Å². The number of nitrogens with one attached hydrogen (secondary N) is 1. The summed E-state index contributed by atoms with van der Waals surface area (Å²) in [6.07, 6.45) is 2.31. The normalized spacial score (nSPS) is 12.0. The van der Waals surface area contributed by atoms with Crippen molar-refractivity contribution in [3.8, 4) is 5.88 Å². The van der Waals surface area contributed by atoms with E-state index in [2.05, 4.69) is 48.0 Å². The summed E-state index contributed by atoms with van der Waals surface area (Å²) in [6.45, 7) is 7.60. The highest BCUT2D eigenvalue weighted by molar-refractivity contribution is 6.22. The molecule has 1 aromatic heterocycles. The summed E-state index contributed by atoms with van der Waals surface area (Å²) >= 11 is 0. The van der Waals surface area contributed by atoms with Gasteiger partial charge in [-0.05, 0) is 61.8 Å². The van der Waals surface area contributed by atoms with Crippen LogP contribution in [-0.4, -0.2) is 33.8 Å². The van der Waals surface area contributed by atoms with Crippen molar-refractivity contribution in [1.82, 2.24) is 9.88 Å². The highest BCUT2D eigenvalue weighted by Crippen LogP contribution is 2.32. The van der Waals surface area contributed by atoms with Gasteiger partial charge in [-0.15, -0.1) is 0 Å². The van der Waals surface area contributed by atoms with Crippen molar-refractivity contribution < 1.29 is 5.11 Å². The summed E-state index contributed by atoms with van der Waals surface area (Å²) in [5.41, 5.74) is 11.9. The van der Waals surface area contributed by atoms with Crippen LogP contribution in [0.25, 0.3) is 10.9 Å². The lowest BCUT2D eigenvalue weighted by Gasteiger charge is -2.21. The van der Waals surface area contributed by atoms with Gasteiger partial charge in [-0.1, -0.05) is 56.3 Å². The van der Waals surface area contributed by atoms with E-state index in [4.69, 9.17) is 10.7 Å². The fraction of sp³-hybridized carbons (Fsp3) is 0.250. The molecule has 4 N–H and O–H groups in total. The second-order valence-corrected chi connectivity index (χ2v) is 8.42. The van der Waals surface area contributed by atoms with Gasteiger partial charge >= 0.3 is 0 Å². The molecule has 0 saturated carbocycles. The van der Waals surface area contributed by atoms with Crippen molar-refractivity contribution >= 4 is 28.0 Å². The van der Waals surface area contributed by atoms with Crippen LogP contribution in [0.15, 0.2) is 77.8 Å². The monoisotopic (exact) mass is 440 g/mol. The van der Waals surface area contributed by atoms with E-state index >= 15 is 0 Å². The average Bonchev–Trinajstić information content (AvgIpc) is 3.14. The Bertz CT molecular complexity index is 1220. The van der Waals surface area contributed by atoms with Gasteiger partial charge in [-0.25, -0.2) is 4.99 Å². The average molecular weight is 441 g/mol. The zero-order valence-electron chi connectivity index (χ0n) is 19.4. The maximum Gasteiger partial charge on any atom is 0.199 e. The van der Waals surface area contributed by atoms with E-state index in [0.717, 1.165) is 54.6 Å². The molecule has 0 aliphatic heterocycles. The van der Waals surface area contributed by atoms with Crippen LogP contribution in [0.2, 0.25) is 0 Å². The van der Waals surface area contributed by atoms with Gasteiger partial charge in [0.15, 0.2) is 5.88 Å². The molecular formula is C28H32N4O. The minimum absolute atomic E-state index is 0.0876.